The minimum atomic E-state index is -4.40. The van der Waals surface area contributed by atoms with Crippen molar-refractivity contribution in [2.24, 2.45) is 0 Å². The molecule has 0 aliphatic rings. The Morgan fingerprint density at radius 2 is 0.600 bits per heavy atom. The van der Waals surface area contributed by atoms with Gasteiger partial charge in [0.15, 0.2) is 6.10 Å². The van der Waals surface area contributed by atoms with E-state index in [1.807, 2.05) is 21.1 Å². The Morgan fingerprint density at radius 1 is 0.337 bits per heavy atom. The minimum Gasteiger partial charge on any atom is -0.462 e. The summed E-state index contributed by atoms with van der Waals surface area (Å²) >= 11 is 0. The van der Waals surface area contributed by atoms with Crippen molar-refractivity contribution in [3.63, 3.8) is 0 Å². The molecule has 0 fully saturated rings. The summed E-state index contributed by atoms with van der Waals surface area (Å²) in [5.41, 5.74) is 0. The number of nitrogens with zero attached hydrogens (tertiary/aromatic N) is 1. The number of ether oxygens (including phenoxy) is 2. The molecule has 550 valence electrons. The zero-order valence-corrected chi connectivity index (χ0v) is 63.8. The molecule has 0 saturated heterocycles. The normalized spacial score (nSPS) is 13.6. The van der Waals surface area contributed by atoms with Crippen molar-refractivity contribution in [3.8, 4) is 0 Å². The van der Waals surface area contributed by atoms with Gasteiger partial charge >= 0.3 is 19.8 Å². The van der Waals surface area contributed by atoms with Crippen molar-refractivity contribution < 1.29 is 42.1 Å². The lowest BCUT2D eigenvalue weighted by Gasteiger charge is -2.24. The fourth-order valence-electron chi connectivity index (χ4n) is 11.5. The maximum Gasteiger partial charge on any atom is 0.472 e. The molecule has 0 aliphatic carbocycles. The van der Waals surface area contributed by atoms with Gasteiger partial charge in [0.2, 0.25) is 0 Å². The summed E-state index contributed by atoms with van der Waals surface area (Å²) in [4.78, 5) is 36.0. The second kappa shape index (κ2) is 74.9. The number of likely N-dealkylation sites (N-methyl/N-ethyl adjacent to an activating group) is 1. The molecule has 0 amide bonds. The van der Waals surface area contributed by atoms with E-state index in [0.29, 0.717) is 23.9 Å². The van der Waals surface area contributed by atoms with E-state index in [1.54, 1.807) is 0 Å². The molecule has 0 rings (SSSR count). The van der Waals surface area contributed by atoms with Gasteiger partial charge in [-0.25, -0.2) is 4.57 Å². The number of hydrogen-bond acceptors (Lipinski definition) is 7. The number of esters is 2. The van der Waals surface area contributed by atoms with Gasteiger partial charge in [0, 0.05) is 12.8 Å². The van der Waals surface area contributed by atoms with Crippen LogP contribution in [0.4, 0.5) is 0 Å². The van der Waals surface area contributed by atoms with Crippen molar-refractivity contribution in [1.29, 1.82) is 0 Å². The molecule has 0 aliphatic heterocycles. The summed E-state index contributed by atoms with van der Waals surface area (Å²) in [6.07, 6.45) is 107. The minimum absolute atomic E-state index is 0.0301. The quantitative estimate of drug-likeness (QED) is 0.0211. The van der Waals surface area contributed by atoms with Gasteiger partial charge in [0.1, 0.15) is 19.8 Å². The van der Waals surface area contributed by atoms with Gasteiger partial charge in [-0.3, -0.25) is 18.6 Å². The van der Waals surface area contributed by atoms with Crippen molar-refractivity contribution in [2.45, 2.75) is 373 Å². The van der Waals surface area contributed by atoms with Crippen molar-refractivity contribution in [3.05, 3.63) is 109 Å². The smallest absolute Gasteiger partial charge is 0.462 e. The first-order valence-electron chi connectivity index (χ1n) is 40.1. The maximum absolute atomic E-state index is 12.9. The first kappa shape index (κ1) is 91.7. The molecule has 10 heteroatoms. The number of carbonyl (C=O) groups is 2. The Kier molecular flexibility index (Phi) is 72.3. The summed E-state index contributed by atoms with van der Waals surface area (Å²) in [5.74, 6) is -0.785. The van der Waals surface area contributed by atoms with Gasteiger partial charge in [-0.1, -0.05) is 380 Å². The van der Waals surface area contributed by atoms with Gasteiger partial charge in [-0.05, 0) is 83.5 Å². The van der Waals surface area contributed by atoms with Crippen LogP contribution >= 0.6 is 7.82 Å². The number of allylic oxidation sites excluding steroid dienone is 18. The third-order valence-corrected chi connectivity index (χ3v) is 18.6. The Hall–Kier alpha value is -3.33. The van der Waals surface area contributed by atoms with Crippen molar-refractivity contribution in [2.75, 3.05) is 47.5 Å². The highest BCUT2D eigenvalue weighted by atomic mass is 31.2. The van der Waals surface area contributed by atoms with Crippen molar-refractivity contribution >= 4 is 19.8 Å². The van der Waals surface area contributed by atoms with E-state index in [4.69, 9.17) is 18.5 Å². The monoisotopic (exact) mass is 1350 g/mol. The second-order valence-electron chi connectivity index (χ2n) is 28.1. The summed E-state index contributed by atoms with van der Waals surface area (Å²) in [6.45, 7) is 4.37. The lowest BCUT2D eigenvalue weighted by Crippen LogP contribution is -2.37. The van der Waals surface area contributed by atoms with E-state index >= 15 is 0 Å². The van der Waals surface area contributed by atoms with Crippen LogP contribution in [0.1, 0.15) is 367 Å². The molecule has 0 radical (unpaired) electrons. The molecule has 1 N–H and O–H groups in total. The molecular weight excluding hydrogens is 1190 g/mol. The van der Waals surface area contributed by atoms with Gasteiger partial charge in [-0.2, -0.15) is 0 Å². The largest absolute Gasteiger partial charge is 0.472 e. The van der Waals surface area contributed by atoms with Gasteiger partial charge < -0.3 is 18.9 Å². The Morgan fingerprint density at radius 3 is 0.895 bits per heavy atom. The third kappa shape index (κ3) is 79.5. The number of quaternary nitrogens is 1. The van der Waals surface area contributed by atoms with E-state index in [9.17, 15) is 19.0 Å². The zero-order chi connectivity index (χ0) is 69.0. The van der Waals surface area contributed by atoms with Crippen molar-refractivity contribution in [1.82, 2.24) is 0 Å². The van der Waals surface area contributed by atoms with Gasteiger partial charge in [0.05, 0.1) is 27.7 Å². The highest BCUT2D eigenvalue weighted by molar-refractivity contribution is 7.47. The first-order valence-corrected chi connectivity index (χ1v) is 41.6. The lowest BCUT2D eigenvalue weighted by atomic mass is 10.0. The van der Waals surface area contributed by atoms with Crippen LogP contribution in [0.5, 0.6) is 0 Å². The van der Waals surface area contributed by atoms with Crippen LogP contribution in [0.15, 0.2) is 109 Å². The molecule has 0 bridgehead atoms. The zero-order valence-electron chi connectivity index (χ0n) is 62.9. The second-order valence-corrected chi connectivity index (χ2v) is 29.5. The fourth-order valence-corrected chi connectivity index (χ4v) is 12.2. The maximum atomic E-state index is 12.9. The first-order chi connectivity index (χ1) is 46.5. The molecule has 0 saturated carbocycles. The number of phosphoric ester groups is 1. The molecule has 2 atom stereocenters. The topological polar surface area (TPSA) is 108 Å². The van der Waals surface area contributed by atoms with Gasteiger partial charge in [0.25, 0.3) is 0 Å². The van der Waals surface area contributed by atoms with Crippen LogP contribution < -0.4 is 0 Å². The summed E-state index contributed by atoms with van der Waals surface area (Å²) < 4.78 is 34.8. The van der Waals surface area contributed by atoms with E-state index in [-0.39, 0.29) is 25.6 Å². The average molecular weight is 1350 g/mol. The molecule has 0 heterocycles. The predicted molar refractivity (Wildman–Crippen MR) is 413 cm³/mol. The molecule has 95 heavy (non-hydrogen) atoms. The highest BCUT2D eigenvalue weighted by Gasteiger charge is 2.27. The van der Waals surface area contributed by atoms with E-state index in [2.05, 4.69) is 123 Å². The van der Waals surface area contributed by atoms with Crippen LogP contribution in [0.3, 0.4) is 0 Å². The van der Waals surface area contributed by atoms with Crippen LogP contribution in [-0.4, -0.2) is 74.9 Å². The Bertz CT molecular complexity index is 1970. The Labute approximate surface area is 588 Å². The number of carbonyl (C=O) groups excluding carboxylic acids is 2. The lowest BCUT2D eigenvalue weighted by molar-refractivity contribution is -0.870. The molecule has 0 aromatic carbocycles. The SMILES string of the molecule is CC/C=C\C/C=C\C/C=C\C/C=C\C/C=C\C/C=C\C/C=C\C/C=C\C/C=C\CCCCCCCCCCCCCCCC(=O)OC(COC(=O)CCCCCCCCCCCCCCCCCCCCCCCCCCCCCCCC)COP(=O)(O)OCC[N+](C)(C)C. The van der Waals surface area contributed by atoms with Crippen LogP contribution in [-0.2, 0) is 32.7 Å². The van der Waals surface area contributed by atoms with Gasteiger partial charge in [-0.15, -0.1) is 0 Å². The van der Waals surface area contributed by atoms with E-state index in [0.717, 1.165) is 96.3 Å². The van der Waals surface area contributed by atoms with E-state index < -0.39 is 26.5 Å². The number of rotatable bonds is 74. The molecular formula is C85H153NO8P+. The van der Waals surface area contributed by atoms with Crippen LogP contribution in [0.25, 0.3) is 0 Å². The molecule has 0 aromatic heterocycles. The number of unbranched alkanes of at least 4 members (excludes halogenated alkanes) is 42. The molecule has 2 unspecified atom stereocenters. The van der Waals surface area contributed by atoms with Crippen LogP contribution in [0, 0.1) is 0 Å². The summed E-state index contributed by atoms with van der Waals surface area (Å²) in [6, 6.07) is 0. The predicted octanol–water partition coefficient (Wildman–Crippen LogP) is 26.8. The Balaban J connectivity index is 3.98. The standard InChI is InChI=1S/C85H152NO8P/c1-6-8-10-12-14-16-18-20-22-24-26-28-30-32-34-36-38-39-40-41-42-43-44-45-46-47-48-50-52-54-56-58-60-62-64-66-68-70-72-74-76-78-85(88)94-83(82-93-95(89,90)92-80-79-86(3,4)5)81-91-84(87)77-75-73-71-69-67-65-63-61-59-57-55-53-51-49-37-35-33-31-29-27-25-23-21-19-17-15-13-11-9-7-2/h8,10,14,16,20,22,26,28,32,34,38-39,41-42,44-45,47-48,83H,6-7,9,11-13,15,17-19,21,23-25,27,29-31,33,35-37,40,43,46,49-82H2,1-5H3/p+1/b10-8-,16-14-,22-20-,28-26-,34-32-,39-38-,42-41-,45-44-,48-47-. The number of phosphoric acid groups is 1. The molecule has 0 spiro atoms. The van der Waals surface area contributed by atoms with Crippen LogP contribution in [0.2, 0.25) is 0 Å². The summed E-state index contributed by atoms with van der Waals surface area (Å²) in [5, 5.41) is 0. The highest BCUT2D eigenvalue weighted by Crippen LogP contribution is 2.43. The van der Waals surface area contributed by atoms with E-state index in [1.165, 1.54) is 238 Å². The fraction of sp³-hybridized carbons (Fsp3) is 0.765. The molecule has 0 aromatic rings. The molecule has 9 nitrogen and oxygen atoms in total. The average Bonchev–Trinajstić information content (AvgIpc) is 1.81. The summed E-state index contributed by atoms with van der Waals surface area (Å²) in [7, 11) is 1.48. The number of hydrogen-bond donors (Lipinski definition) is 1. The third-order valence-electron chi connectivity index (χ3n) is 17.6.